The van der Waals surface area contributed by atoms with E-state index in [0.717, 1.165) is 16.3 Å². The Balaban J connectivity index is 1.04. The Hall–Kier alpha value is -9.58. The van der Waals surface area contributed by atoms with Crippen molar-refractivity contribution in [2.75, 3.05) is 0 Å². The van der Waals surface area contributed by atoms with Crippen molar-refractivity contribution in [3.05, 3.63) is 271 Å². The van der Waals surface area contributed by atoms with Gasteiger partial charge in [0.05, 0.1) is 58.1 Å². The zero-order chi connectivity index (χ0) is 72.9. The molecule has 5 nitrogen and oxygen atoms in total. The first kappa shape index (κ1) is 31.7. The van der Waals surface area contributed by atoms with E-state index >= 15 is 0 Å². The SMILES string of the molecule is [2H]c1c([2H])c([2H])c(-c2cnc(-n3c4ccccc4c4ccc(Oc5cccc(-n6[c-][n+](-c7c(-c8cccc(C(C)(C)C)c8)cc(C(C)(C)C)cc7-c7c([2H])c(-c8c([2H])c([2H])c([2H])c([2H])c8[2H])c([2H])c(-c8c([2H])c([2H])c([2H])c([2H])c8[2H])c7[2H])c7ccccc76)c5)cc43)cc2C([2H])([2H])[2H])c([2H])c1[2H]. The second kappa shape index (κ2) is 20.0. The quantitative estimate of drug-likeness (QED) is 0.101. The number of imidazole rings is 1. The molecule has 0 amide bonds. The average Bonchev–Trinajstić information content (AvgIpc) is 1.45. The summed E-state index contributed by atoms with van der Waals surface area (Å²) in [6.07, 6.45) is 4.85. The molecular weight excluding hydrogens is 973 g/mol. The number of nitrogens with zero attached hydrogens (tertiary/aromatic N) is 4. The van der Waals surface area contributed by atoms with Crippen molar-refractivity contribution in [2.45, 2.75) is 59.2 Å². The Morgan fingerprint density at radius 1 is 0.487 bits per heavy atom. The minimum absolute atomic E-state index is 0.143. The summed E-state index contributed by atoms with van der Waals surface area (Å²) in [5.74, 6) is 0.878. The third kappa shape index (κ3) is 9.35. The Labute approximate surface area is 498 Å². The van der Waals surface area contributed by atoms with Gasteiger partial charge in [-0.2, -0.15) is 0 Å². The molecule has 0 radical (unpaired) electrons. The Kier molecular flexibility index (Phi) is 7.94. The summed E-state index contributed by atoms with van der Waals surface area (Å²) in [6.45, 7) is 9.35. The van der Waals surface area contributed by atoms with Crippen LogP contribution in [0.1, 0.15) is 87.0 Å². The molecule has 0 saturated carbocycles. The van der Waals surface area contributed by atoms with Gasteiger partial charge in [0.1, 0.15) is 17.3 Å². The Bertz CT molecular complexity index is 5520. The maximum atomic E-state index is 10.4. The smallest absolute Gasteiger partial charge is 0.269 e. The van der Waals surface area contributed by atoms with Crippen LogP contribution >= 0.6 is 0 Å². The van der Waals surface area contributed by atoms with E-state index < -0.39 is 143 Å². The standard InChI is InChI=1S/C75H62N4O/c1-50-39-72(76-48-67(50)53-27-15-10-16-28-53)79-68-34-18-17-33-63(68)64-38-37-62(47-71(64)79)80-61-32-22-31-60(46-61)77-49-78(70-36-20-19-35-69(70)77)73-65(54-29-21-30-58(43-54)74(2,3)4)44-59(75(5,6)7)45-66(73)57-41-55(51-23-11-8-12-24-51)40-56(42-57)52-25-13-9-14-26-52/h8-48H,1-7H3/i1D3,8D,9D,10D,11D,12D,13D,14D,15D,16D,23D,24D,25D,26D,27D,28D,40D,41D,42D. The van der Waals surface area contributed by atoms with Gasteiger partial charge in [0, 0.05) is 32.7 Å². The number of hydrogen-bond acceptors (Lipinski definition) is 2. The van der Waals surface area contributed by atoms with Crippen molar-refractivity contribution in [1.82, 2.24) is 14.1 Å². The van der Waals surface area contributed by atoms with Gasteiger partial charge in [0.25, 0.3) is 6.33 Å². The molecule has 80 heavy (non-hydrogen) atoms. The maximum absolute atomic E-state index is 10.4. The number of fused-ring (bicyclic) bond motifs is 4. The summed E-state index contributed by atoms with van der Waals surface area (Å²) in [7, 11) is 0. The molecule has 0 bridgehead atoms. The fourth-order valence-corrected chi connectivity index (χ4v) is 10.1. The van der Waals surface area contributed by atoms with Crippen LogP contribution in [0.25, 0.3) is 106 Å². The normalized spacial score (nSPS) is 15.8. The molecule has 13 rings (SSSR count). The lowest BCUT2D eigenvalue weighted by Crippen LogP contribution is -2.32. The molecule has 13 aromatic rings. The van der Waals surface area contributed by atoms with Crippen molar-refractivity contribution in [3.63, 3.8) is 0 Å². The van der Waals surface area contributed by atoms with E-state index in [2.05, 4.69) is 27.1 Å². The van der Waals surface area contributed by atoms with Crippen LogP contribution in [-0.2, 0) is 10.8 Å². The van der Waals surface area contributed by atoms with E-state index in [-0.39, 0.29) is 39.1 Å². The van der Waals surface area contributed by atoms with E-state index in [0.29, 0.717) is 61.6 Å². The second-order valence-corrected chi connectivity index (χ2v) is 21.5. The van der Waals surface area contributed by atoms with Crippen molar-refractivity contribution < 1.29 is 38.1 Å². The zero-order valence-corrected chi connectivity index (χ0v) is 44.5. The lowest BCUT2D eigenvalue weighted by molar-refractivity contribution is -0.571. The predicted octanol–water partition coefficient (Wildman–Crippen LogP) is 19.2. The maximum Gasteiger partial charge on any atom is 0.269 e. The molecule has 0 saturated heterocycles. The first-order valence-electron chi connectivity index (χ1n) is 36.5. The van der Waals surface area contributed by atoms with Crippen LogP contribution in [0.5, 0.6) is 11.5 Å². The van der Waals surface area contributed by atoms with Crippen LogP contribution in [0.2, 0.25) is 0 Å². The molecule has 0 unspecified atom stereocenters. The third-order valence-corrected chi connectivity index (χ3v) is 14.2. The number of pyridine rings is 1. The highest BCUT2D eigenvalue weighted by Gasteiger charge is 2.26. The molecule has 0 aliphatic heterocycles. The van der Waals surface area contributed by atoms with Gasteiger partial charge in [-0.1, -0.05) is 217 Å². The summed E-state index contributed by atoms with van der Waals surface area (Å²) in [6, 6.07) is 27.8. The number of benzene rings is 10. The molecule has 0 fully saturated rings. The number of aryl methyl sites for hydroxylation is 1. The van der Waals surface area contributed by atoms with Gasteiger partial charge in [-0.3, -0.25) is 13.7 Å². The van der Waals surface area contributed by atoms with E-state index in [4.69, 9.17) is 28.9 Å². The number of aromatic nitrogens is 4. The molecule has 3 heterocycles. The van der Waals surface area contributed by atoms with Gasteiger partial charge in [-0.15, -0.1) is 0 Å². The lowest BCUT2D eigenvalue weighted by Gasteiger charge is -2.26. The summed E-state index contributed by atoms with van der Waals surface area (Å²) in [5.41, 5.74) is 1.94. The van der Waals surface area contributed by atoms with Crippen molar-refractivity contribution in [1.29, 1.82) is 0 Å². The minimum Gasteiger partial charge on any atom is -0.458 e. The van der Waals surface area contributed by atoms with Crippen molar-refractivity contribution in [2.24, 2.45) is 0 Å². The molecule has 0 atom stereocenters. The third-order valence-electron chi connectivity index (χ3n) is 14.2. The van der Waals surface area contributed by atoms with E-state index in [1.807, 2.05) is 112 Å². The summed E-state index contributed by atoms with van der Waals surface area (Å²) < 4.78 is 201. The largest absolute Gasteiger partial charge is 0.458 e. The first-order valence-corrected chi connectivity index (χ1v) is 26.0. The van der Waals surface area contributed by atoms with Crippen LogP contribution in [-0.4, -0.2) is 14.1 Å². The highest BCUT2D eigenvalue weighted by atomic mass is 16.5. The van der Waals surface area contributed by atoms with Gasteiger partial charge < -0.3 is 4.74 Å². The topological polar surface area (TPSA) is 35.9 Å². The van der Waals surface area contributed by atoms with Gasteiger partial charge in [0.15, 0.2) is 0 Å². The number of hydrogen-bond donors (Lipinski definition) is 0. The van der Waals surface area contributed by atoms with Gasteiger partial charge >= 0.3 is 0 Å². The van der Waals surface area contributed by atoms with Crippen molar-refractivity contribution >= 4 is 32.8 Å². The number of ether oxygens (including phenoxy) is 1. The fraction of sp³-hybridized carbons (Fsp3) is 0.120. The first-order chi connectivity index (χ1) is 47.5. The fourth-order valence-electron chi connectivity index (χ4n) is 10.1. The molecule has 0 aliphatic rings. The van der Waals surface area contributed by atoms with E-state index in [9.17, 15) is 9.60 Å². The van der Waals surface area contributed by atoms with Gasteiger partial charge in [0.2, 0.25) is 0 Å². The Morgan fingerprint density at radius 3 is 1.77 bits per heavy atom. The molecule has 0 aliphatic carbocycles. The monoisotopic (exact) mass is 1060 g/mol. The van der Waals surface area contributed by atoms with Gasteiger partial charge in [-0.25, -0.2) is 4.98 Å². The molecule has 0 N–H and O–H groups in total. The number of rotatable bonds is 10. The molecule has 5 heteroatoms. The zero-order valence-electron chi connectivity index (χ0n) is 65.5. The molecule has 0 spiro atoms. The highest BCUT2D eigenvalue weighted by molar-refractivity contribution is 6.09. The number of para-hydroxylation sites is 3. The van der Waals surface area contributed by atoms with Gasteiger partial charge in [-0.05, 0) is 145 Å². The summed E-state index contributed by atoms with van der Waals surface area (Å²) >= 11 is 0. The van der Waals surface area contributed by atoms with Crippen LogP contribution in [0.3, 0.4) is 0 Å². The highest BCUT2D eigenvalue weighted by Crippen LogP contribution is 2.43. The molecular formula is C75H62N4O. The van der Waals surface area contributed by atoms with Crippen LogP contribution in [0.4, 0.5) is 0 Å². The Morgan fingerprint density at radius 2 is 1.09 bits per heavy atom. The average molecular weight is 1060 g/mol. The van der Waals surface area contributed by atoms with Crippen molar-refractivity contribution in [3.8, 4) is 84.3 Å². The lowest BCUT2D eigenvalue weighted by atomic mass is 9.80. The van der Waals surface area contributed by atoms with E-state index in [1.165, 1.54) is 12.3 Å². The predicted molar refractivity (Wildman–Crippen MR) is 332 cm³/mol. The van der Waals surface area contributed by atoms with E-state index in [1.54, 1.807) is 50.1 Å². The molecule has 3 aromatic heterocycles. The second-order valence-electron chi connectivity index (χ2n) is 21.5. The van der Waals surface area contributed by atoms with Crippen LogP contribution < -0.4 is 9.30 Å². The minimum atomic E-state index is -2.84. The molecule has 10 aromatic carbocycles. The molecule has 388 valence electrons. The van der Waals surface area contributed by atoms with Crippen LogP contribution in [0, 0.1) is 13.2 Å². The summed E-state index contributed by atoms with van der Waals surface area (Å²) in [5, 5.41) is 1.55. The summed E-state index contributed by atoms with van der Waals surface area (Å²) in [4.78, 5) is 4.73. The van der Waals surface area contributed by atoms with Crippen LogP contribution in [0.15, 0.2) is 248 Å².